The summed E-state index contributed by atoms with van der Waals surface area (Å²) in [7, 11) is 0. The van der Waals surface area contributed by atoms with Crippen molar-refractivity contribution in [3.8, 4) is 11.5 Å². The van der Waals surface area contributed by atoms with Crippen LogP contribution in [0.4, 0.5) is 5.82 Å². The number of rotatable bonds is 8. The van der Waals surface area contributed by atoms with E-state index >= 15 is 0 Å². The molecule has 0 spiro atoms. The highest BCUT2D eigenvalue weighted by Crippen LogP contribution is 2.28. The van der Waals surface area contributed by atoms with Crippen molar-refractivity contribution >= 4 is 34.9 Å². The second-order valence-electron chi connectivity index (χ2n) is 7.14. The molecule has 1 heterocycles. The van der Waals surface area contributed by atoms with Gasteiger partial charge in [-0.1, -0.05) is 65.7 Å². The summed E-state index contributed by atoms with van der Waals surface area (Å²) in [6, 6.07) is 25.5. The fraction of sp³-hybridized carbons (Fsp3) is 0.0769. The Kier molecular flexibility index (Phi) is 7.45. The number of pyridine rings is 1. The van der Waals surface area contributed by atoms with Crippen molar-refractivity contribution in [1.82, 2.24) is 4.98 Å². The standard InChI is InChI=1S/C26H20Cl2N2O3/c27-21-11-12-22(28)24(15-21)33-17-19-8-4-9-20(14-19)26(31)30-25-23(10-5-13-29-25)32-16-18-6-2-1-3-7-18/h1-15H,16-17H2,(H,29,30,31). The quantitative estimate of drug-likeness (QED) is 0.302. The Labute approximate surface area is 201 Å². The van der Waals surface area contributed by atoms with Gasteiger partial charge >= 0.3 is 0 Å². The fourth-order valence-electron chi connectivity index (χ4n) is 3.07. The van der Waals surface area contributed by atoms with E-state index in [4.69, 9.17) is 32.7 Å². The van der Waals surface area contributed by atoms with Gasteiger partial charge in [0.1, 0.15) is 19.0 Å². The van der Waals surface area contributed by atoms with Crippen molar-refractivity contribution in [2.24, 2.45) is 0 Å². The molecule has 1 amide bonds. The Bertz CT molecular complexity index is 1250. The van der Waals surface area contributed by atoms with E-state index < -0.39 is 0 Å². The van der Waals surface area contributed by atoms with E-state index in [2.05, 4.69) is 10.3 Å². The number of carbonyl (C=O) groups excluding carboxylic acids is 1. The van der Waals surface area contributed by atoms with Gasteiger partial charge in [-0.2, -0.15) is 0 Å². The number of benzene rings is 3. The zero-order chi connectivity index (χ0) is 23.0. The molecule has 33 heavy (non-hydrogen) atoms. The minimum atomic E-state index is -0.305. The minimum absolute atomic E-state index is 0.232. The Morgan fingerprint density at radius 3 is 2.39 bits per heavy atom. The van der Waals surface area contributed by atoms with Crippen LogP contribution in [-0.4, -0.2) is 10.9 Å². The number of aromatic nitrogens is 1. The summed E-state index contributed by atoms with van der Waals surface area (Å²) in [5.74, 6) is 1.02. The number of hydrogen-bond acceptors (Lipinski definition) is 4. The molecule has 7 heteroatoms. The molecule has 3 aromatic carbocycles. The molecular formula is C26H20Cl2N2O3. The molecule has 0 atom stereocenters. The van der Waals surface area contributed by atoms with E-state index in [0.29, 0.717) is 39.5 Å². The molecule has 0 saturated heterocycles. The molecule has 1 N–H and O–H groups in total. The van der Waals surface area contributed by atoms with Gasteiger partial charge in [0, 0.05) is 22.8 Å². The first kappa shape index (κ1) is 22.6. The summed E-state index contributed by atoms with van der Waals surface area (Å²) >= 11 is 12.2. The van der Waals surface area contributed by atoms with Crippen molar-refractivity contribution < 1.29 is 14.3 Å². The topological polar surface area (TPSA) is 60.5 Å². The van der Waals surface area contributed by atoms with Crippen molar-refractivity contribution in [2.75, 3.05) is 5.32 Å². The number of ether oxygens (including phenoxy) is 2. The largest absolute Gasteiger partial charge is 0.487 e. The molecule has 5 nitrogen and oxygen atoms in total. The van der Waals surface area contributed by atoms with E-state index in [-0.39, 0.29) is 12.5 Å². The molecule has 4 rings (SSSR count). The van der Waals surface area contributed by atoms with Crippen LogP contribution in [-0.2, 0) is 13.2 Å². The van der Waals surface area contributed by atoms with Crippen molar-refractivity contribution in [1.29, 1.82) is 0 Å². The predicted octanol–water partition coefficient (Wildman–Crippen LogP) is 6.80. The van der Waals surface area contributed by atoms with E-state index in [1.54, 1.807) is 54.7 Å². The van der Waals surface area contributed by atoms with Crippen LogP contribution in [0.2, 0.25) is 10.0 Å². The number of hydrogen-bond donors (Lipinski definition) is 1. The molecule has 166 valence electrons. The average Bonchev–Trinajstić information content (AvgIpc) is 2.85. The Balaban J connectivity index is 1.42. The van der Waals surface area contributed by atoms with Gasteiger partial charge in [0.25, 0.3) is 5.91 Å². The van der Waals surface area contributed by atoms with Crippen LogP contribution < -0.4 is 14.8 Å². The van der Waals surface area contributed by atoms with E-state index in [0.717, 1.165) is 11.1 Å². The Hall–Kier alpha value is -3.54. The highest BCUT2D eigenvalue weighted by molar-refractivity contribution is 6.34. The third-order valence-corrected chi connectivity index (χ3v) is 5.26. The highest BCUT2D eigenvalue weighted by atomic mass is 35.5. The van der Waals surface area contributed by atoms with Gasteiger partial charge in [-0.15, -0.1) is 0 Å². The third-order valence-electron chi connectivity index (χ3n) is 4.72. The maximum absolute atomic E-state index is 12.9. The highest BCUT2D eigenvalue weighted by Gasteiger charge is 2.12. The first-order valence-electron chi connectivity index (χ1n) is 10.2. The number of nitrogens with zero attached hydrogens (tertiary/aromatic N) is 1. The van der Waals surface area contributed by atoms with Gasteiger partial charge in [-0.05, 0) is 47.5 Å². The maximum Gasteiger partial charge on any atom is 0.256 e. The van der Waals surface area contributed by atoms with Gasteiger partial charge in [0.05, 0.1) is 5.02 Å². The molecule has 0 unspecified atom stereocenters. The van der Waals surface area contributed by atoms with Crippen LogP contribution in [0.5, 0.6) is 11.5 Å². The van der Waals surface area contributed by atoms with Gasteiger partial charge in [-0.25, -0.2) is 4.98 Å². The number of amides is 1. The van der Waals surface area contributed by atoms with Gasteiger partial charge < -0.3 is 14.8 Å². The first-order chi connectivity index (χ1) is 16.1. The molecule has 1 aromatic heterocycles. The Morgan fingerprint density at radius 1 is 0.788 bits per heavy atom. The molecule has 0 saturated carbocycles. The number of carbonyl (C=O) groups is 1. The van der Waals surface area contributed by atoms with Crippen LogP contribution in [0, 0.1) is 0 Å². The van der Waals surface area contributed by atoms with E-state index in [1.165, 1.54) is 0 Å². The van der Waals surface area contributed by atoms with Crippen LogP contribution in [0.25, 0.3) is 0 Å². The summed E-state index contributed by atoms with van der Waals surface area (Å²) in [5, 5.41) is 3.82. The monoisotopic (exact) mass is 478 g/mol. The lowest BCUT2D eigenvalue weighted by atomic mass is 10.1. The van der Waals surface area contributed by atoms with Gasteiger partial charge in [0.15, 0.2) is 11.6 Å². The lowest BCUT2D eigenvalue weighted by Gasteiger charge is -2.12. The molecule has 0 fully saturated rings. The second-order valence-corrected chi connectivity index (χ2v) is 7.99. The molecule has 4 aromatic rings. The number of nitrogens with one attached hydrogen (secondary N) is 1. The van der Waals surface area contributed by atoms with Crippen LogP contribution in [0.3, 0.4) is 0 Å². The van der Waals surface area contributed by atoms with E-state index in [9.17, 15) is 4.79 Å². The maximum atomic E-state index is 12.9. The van der Waals surface area contributed by atoms with Crippen molar-refractivity contribution in [2.45, 2.75) is 13.2 Å². The van der Waals surface area contributed by atoms with Crippen LogP contribution in [0.15, 0.2) is 91.1 Å². The minimum Gasteiger partial charge on any atom is -0.487 e. The third kappa shape index (κ3) is 6.25. The van der Waals surface area contributed by atoms with Crippen LogP contribution in [0.1, 0.15) is 21.5 Å². The SMILES string of the molecule is O=C(Nc1ncccc1OCc1ccccc1)c1cccc(COc2cc(Cl)ccc2Cl)c1. The molecule has 0 aliphatic rings. The number of anilines is 1. The fourth-order valence-corrected chi connectivity index (χ4v) is 3.40. The lowest BCUT2D eigenvalue weighted by molar-refractivity contribution is 0.102. The lowest BCUT2D eigenvalue weighted by Crippen LogP contribution is -2.14. The van der Waals surface area contributed by atoms with Gasteiger partial charge in [-0.3, -0.25) is 4.79 Å². The molecule has 0 aliphatic carbocycles. The molecule has 0 radical (unpaired) electrons. The zero-order valence-corrected chi connectivity index (χ0v) is 19.0. The average molecular weight is 479 g/mol. The van der Waals surface area contributed by atoms with Crippen LogP contribution >= 0.6 is 23.2 Å². The van der Waals surface area contributed by atoms with Gasteiger partial charge in [0.2, 0.25) is 0 Å². The molecular weight excluding hydrogens is 459 g/mol. The van der Waals surface area contributed by atoms with Crippen molar-refractivity contribution in [3.63, 3.8) is 0 Å². The summed E-state index contributed by atoms with van der Waals surface area (Å²) < 4.78 is 11.6. The molecule has 0 bridgehead atoms. The second kappa shape index (κ2) is 10.9. The Morgan fingerprint density at radius 2 is 1.55 bits per heavy atom. The van der Waals surface area contributed by atoms with E-state index in [1.807, 2.05) is 36.4 Å². The number of halogens is 2. The van der Waals surface area contributed by atoms with Crippen molar-refractivity contribution in [3.05, 3.63) is 118 Å². The summed E-state index contributed by atoms with van der Waals surface area (Å²) in [6.45, 7) is 0.602. The normalized spacial score (nSPS) is 10.5. The zero-order valence-electron chi connectivity index (χ0n) is 17.5. The summed E-state index contributed by atoms with van der Waals surface area (Å²) in [6.07, 6.45) is 1.60. The smallest absolute Gasteiger partial charge is 0.256 e. The first-order valence-corrected chi connectivity index (χ1v) is 10.9. The molecule has 0 aliphatic heterocycles. The summed E-state index contributed by atoms with van der Waals surface area (Å²) in [5.41, 5.74) is 2.29. The predicted molar refractivity (Wildman–Crippen MR) is 130 cm³/mol. The summed E-state index contributed by atoms with van der Waals surface area (Å²) in [4.78, 5) is 17.1.